The molecule has 0 bridgehead atoms. The zero-order chi connectivity index (χ0) is 22.2. The molecule has 3 aromatic rings. The van der Waals surface area contributed by atoms with Gasteiger partial charge in [-0.1, -0.05) is 61.9 Å². The van der Waals surface area contributed by atoms with Crippen LogP contribution in [0.1, 0.15) is 30.9 Å². The number of carbonyl (C=O) groups is 2. The monoisotopic (exact) mass is 416 g/mol. The first-order chi connectivity index (χ1) is 15.0. The highest BCUT2D eigenvalue weighted by Crippen LogP contribution is 2.32. The number of hydrogen-bond donors (Lipinski definition) is 2. The molecule has 6 nitrogen and oxygen atoms in total. The number of carboxylic acid groups (broad SMARTS) is 2. The number of imidazole rings is 1. The van der Waals surface area contributed by atoms with Gasteiger partial charge in [0.2, 0.25) is 0 Å². The van der Waals surface area contributed by atoms with Crippen molar-refractivity contribution < 1.29 is 19.8 Å². The lowest BCUT2D eigenvalue weighted by molar-refractivity contribution is -0.132. The minimum atomic E-state index is -0.984. The van der Waals surface area contributed by atoms with Gasteiger partial charge in [-0.2, -0.15) is 0 Å². The van der Waals surface area contributed by atoms with Gasteiger partial charge in [0.25, 0.3) is 0 Å². The molecular formula is C25H24N2O4. The molecule has 0 saturated carbocycles. The average molecular weight is 416 g/mol. The third kappa shape index (κ3) is 5.79. The first kappa shape index (κ1) is 21.8. The van der Waals surface area contributed by atoms with Crippen LogP contribution in [0, 0.1) is 0 Å². The molecule has 0 amide bonds. The lowest BCUT2D eigenvalue weighted by Gasteiger charge is -2.11. The fourth-order valence-corrected chi connectivity index (χ4v) is 3.23. The van der Waals surface area contributed by atoms with Gasteiger partial charge in [0, 0.05) is 29.8 Å². The molecule has 1 heterocycles. The van der Waals surface area contributed by atoms with Gasteiger partial charge < -0.3 is 14.8 Å². The number of rotatable bonds is 9. The molecule has 0 radical (unpaired) electrons. The molecule has 0 aliphatic rings. The van der Waals surface area contributed by atoms with Crippen molar-refractivity contribution in [1.29, 1.82) is 0 Å². The zero-order valence-electron chi connectivity index (χ0n) is 17.2. The van der Waals surface area contributed by atoms with E-state index in [0.29, 0.717) is 0 Å². The molecular weight excluding hydrogens is 392 g/mol. The van der Waals surface area contributed by atoms with E-state index < -0.39 is 11.9 Å². The van der Waals surface area contributed by atoms with Crippen LogP contribution in [0.25, 0.3) is 34.7 Å². The van der Waals surface area contributed by atoms with E-state index in [1.165, 1.54) is 0 Å². The summed E-state index contributed by atoms with van der Waals surface area (Å²) < 4.78 is 2.14. The third-order valence-corrected chi connectivity index (χ3v) is 4.80. The van der Waals surface area contributed by atoms with Crippen LogP contribution in [0.15, 0.2) is 67.0 Å². The summed E-state index contributed by atoms with van der Waals surface area (Å²) in [6, 6.07) is 15.3. The predicted octanol–water partition coefficient (Wildman–Crippen LogP) is 5.21. The normalized spacial score (nSPS) is 11.4. The van der Waals surface area contributed by atoms with Crippen molar-refractivity contribution in [3.63, 3.8) is 0 Å². The van der Waals surface area contributed by atoms with Gasteiger partial charge >= 0.3 is 11.9 Å². The Labute approximate surface area is 180 Å². The lowest BCUT2D eigenvalue weighted by Crippen LogP contribution is -1.99. The van der Waals surface area contributed by atoms with Crippen LogP contribution < -0.4 is 0 Å². The number of aliphatic carboxylic acids is 2. The Balaban J connectivity index is 1.98. The molecule has 2 N–H and O–H groups in total. The van der Waals surface area contributed by atoms with Crippen LogP contribution in [-0.2, 0) is 16.1 Å². The summed E-state index contributed by atoms with van der Waals surface area (Å²) in [5, 5.41) is 17.6. The first-order valence-electron chi connectivity index (χ1n) is 10.1. The Hall–Kier alpha value is -3.93. The molecule has 0 spiro atoms. The molecule has 0 atom stereocenters. The SMILES string of the molecule is CCCCn1cnc(-c2ccc(C=CC(=O)O)cc2)c1-c1ccc(C=CC(=O)O)cc1. The van der Waals surface area contributed by atoms with Crippen molar-refractivity contribution in [3.8, 4) is 22.5 Å². The number of aryl methyl sites for hydroxylation is 1. The Morgan fingerprint density at radius 3 is 1.87 bits per heavy atom. The maximum absolute atomic E-state index is 10.7. The molecule has 0 fully saturated rings. The van der Waals surface area contributed by atoms with E-state index in [-0.39, 0.29) is 0 Å². The van der Waals surface area contributed by atoms with E-state index in [4.69, 9.17) is 10.2 Å². The maximum atomic E-state index is 10.7. The van der Waals surface area contributed by atoms with Gasteiger partial charge in [0.05, 0.1) is 17.7 Å². The number of hydrogen-bond acceptors (Lipinski definition) is 3. The highest BCUT2D eigenvalue weighted by atomic mass is 16.4. The lowest BCUT2D eigenvalue weighted by atomic mass is 10.0. The van der Waals surface area contributed by atoms with Gasteiger partial charge in [-0.25, -0.2) is 14.6 Å². The van der Waals surface area contributed by atoms with E-state index in [2.05, 4.69) is 16.5 Å². The molecule has 0 unspecified atom stereocenters. The zero-order valence-corrected chi connectivity index (χ0v) is 17.2. The van der Waals surface area contributed by atoms with Gasteiger partial charge in [-0.15, -0.1) is 0 Å². The number of carboxylic acids is 2. The summed E-state index contributed by atoms with van der Waals surface area (Å²) in [6.45, 7) is 2.99. The summed E-state index contributed by atoms with van der Waals surface area (Å²) in [7, 11) is 0. The Morgan fingerprint density at radius 2 is 1.39 bits per heavy atom. The molecule has 0 aliphatic heterocycles. The van der Waals surface area contributed by atoms with Gasteiger partial charge in [-0.05, 0) is 29.7 Å². The van der Waals surface area contributed by atoms with Crippen LogP contribution in [-0.4, -0.2) is 31.7 Å². The molecule has 2 aromatic carbocycles. The topological polar surface area (TPSA) is 92.4 Å². The average Bonchev–Trinajstić information content (AvgIpc) is 3.19. The second kappa shape index (κ2) is 10.2. The molecule has 3 rings (SSSR count). The molecule has 31 heavy (non-hydrogen) atoms. The molecule has 0 saturated heterocycles. The summed E-state index contributed by atoms with van der Waals surface area (Å²) in [6.07, 6.45) is 9.28. The fraction of sp³-hybridized carbons (Fsp3) is 0.160. The van der Waals surface area contributed by atoms with E-state index >= 15 is 0 Å². The fourth-order valence-electron chi connectivity index (χ4n) is 3.23. The highest BCUT2D eigenvalue weighted by molar-refractivity contribution is 5.86. The summed E-state index contributed by atoms with van der Waals surface area (Å²) >= 11 is 0. The van der Waals surface area contributed by atoms with E-state index in [1.807, 2.05) is 54.9 Å². The van der Waals surface area contributed by atoms with Crippen molar-refractivity contribution in [2.75, 3.05) is 0 Å². The Kier molecular flexibility index (Phi) is 7.17. The van der Waals surface area contributed by atoms with E-state index in [0.717, 1.165) is 65.2 Å². The van der Waals surface area contributed by atoms with Crippen LogP contribution in [0.2, 0.25) is 0 Å². The summed E-state index contributed by atoms with van der Waals surface area (Å²) in [5.41, 5.74) is 5.38. The Morgan fingerprint density at radius 1 is 0.871 bits per heavy atom. The molecule has 158 valence electrons. The summed E-state index contributed by atoms with van der Waals surface area (Å²) in [5.74, 6) is -1.96. The smallest absolute Gasteiger partial charge is 0.328 e. The Bertz CT molecular complexity index is 1110. The highest BCUT2D eigenvalue weighted by Gasteiger charge is 2.15. The van der Waals surface area contributed by atoms with Crippen molar-refractivity contribution in [3.05, 3.63) is 78.1 Å². The van der Waals surface area contributed by atoms with Gasteiger partial charge in [0.15, 0.2) is 0 Å². The van der Waals surface area contributed by atoms with E-state index in [1.54, 1.807) is 12.2 Å². The van der Waals surface area contributed by atoms with Crippen molar-refractivity contribution in [1.82, 2.24) is 9.55 Å². The van der Waals surface area contributed by atoms with Gasteiger partial charge in [-0.3, -0.25) is 0 Å². The predicted molar refractivity (Wildman–Crippen MR) is 121 cm³/mol. The largest absolute Gasteiger partial charge is 0.478 e. The van der Waals surface area contributed by atoms with Crippen LogP contribution >= 0.6 is 0 Å². The second-order valence-corrected chi connectivity index (χ2v) is 7.08. The number of aromatic nitrogens is 2. The van der Waals surface area contributed by atoms with Crippen molar-refractivity contribution >= 4 is 24.1 Å². The van der Waals surface area contributed by atoms with E-state index in [9.17, 15) is 9.59 Å². The second-order valence-electron chi connectivity index (χ2n) is 7.08. The minimum Gasteiger partial charge on any atom is -0.478 e. The first-order valence-corrected chi connectivity index (χ1v) is 10.1. The number of nitrogens with zero attached hydrogens (tertiary/aromatic N) is 2. The molecule has 0 aliphatic carbocycles. The van der Waals surface area contributed by atoms with Crippen LogP contribution in [0.5, 0.6) is 0 Å². The van der Waals surface area contributed by atoms with Crippen LogP contribution in [0.3, 0.4) is 0 Å². The standard InChI is InChI=1S/C25H24N2O4/c1-2-3-16-27-17-26-24(20-10-4-18(5-11-20)8-14-22(28)29)25(27)21-12-6-19(7-13-21)9-15-23(30)31/h4-15,17H,2-3,16H2,1H3,(H,28,29)(H,30,31). The molecule has 6 heteroatoms. The van der Waals surface area contributed by atoms with Crippen molar-refractivity contribution in [2.24, 2.45) is 0 Å². The van der Waals surface area contributed by atoms with Gasteiger partial charge in [0.1, 0.15) is 0 Å². The molecule has 1 aromatic heterocycles. The minimum absolute atomic E-state index is 0.799. The number of unbranched alkanes of at least 4 members (excludes halogenated alkanes) is 1. The van der Waals surface area contributed by atoms with Crippen molar-refractivity contribution in [2.45, 2.75) is 26.3 Å². The third-order valence-electron chi connectivity index (χ3n) is 4.80. The number of benzene rings is 2. The van der Waals surface area contributed by atoms with Crippen LogP contribution in [0.4, 0.5) is 0 Å². The quantitative estimate of drug-likeness (QED) is 0.467. The maximum Gasteiger partial charge on any atom is 0.328 e. The summed E-state index contributed by atoms with van der Waals surface area (Å²) in [4.78, 5) is 26.1.